The Hall–Kier alpha value is -1.01. The van der Waals surface area contributed by atoms with E-state index in [1.165, 1.54) is 6.07 Å². The minimum Gasteiger partial charge on any atom is -0.391 e. The van der Waals surface area contributed by atoms with Gasteiger partial charge in [0.1, 0.15) is 0 Å². The van der Waals surface area contributed by atoms with Crippen LogP contribution in [0.2, 0.25) is 0 Å². The first-order valence-electron chi connectivity index (χ1n) is 3.30. The van der Waals surface area contributed by atoms with Crippen molar-refractivity contribution in [2.75, 3.05) is 0 Å². The van der Waals surface area contributed by atoms with Gasteiger partial charge in [-0.15, -0.1) is 0 Å². The molecule has 0 aromatic heterocycles. The molecule has 0 aliphatic heterocycles. The van der Waals surface area contributed by atoms with Gasteiger partial charge in [0.05, 0.1) is 17.1 Å². The number of nitrogens with zero attached hydrogens (tertiary/aromatic N) is 1. The van der Waals surface area contributed by atoms with Crippen LogP contribution in [0.1, 0.15) is 5.56 Å². The number of aliphatic hydroxyl groups excluding tert-OH is 1. The van der Waals surface area contributed by atoms with Gasteiger partial charge in [-0.1, -0.05) is 15.9 Å². The molecule has 0 spiro atoms. The Kier molecular flexibility index (Phi) is 2.94. The van der Waals surface area contributed by atoms with Gasteiger partial charge in [-0.3, -0.25) is 10.1 Å². The average Bonchev–Trinajstić information content (AvgIpc) is 2.07. The predicted molar refractivity (Wildman–Crippen MR) is 46.7 cm³/mol. The first kappa shape index (κ1) is 10.1. The van der Waals surface area contributed by atoms with Gasteiger partial charge in [-0.25, -0.2) is 0 Å². The largest absolute Gasteiger partial charge is 0.391 e. The number of nitro benzene ring substituents is 1. The second kappa shape index (κ2) is 3.80. The van der Waals surface area contributed by atoms with Crippen molar-refractivity contribution in [1.29, 1.82) is 0 Å². The van der Waals surface area contributed by atoms with Gasteiger partial charge in [0.15, 0.2) is 0 Å². The van der Waals surface area contributed by atoms with Crippen molar-refractivity contribution in [3.8, 4) is 0 Å². The molecule has 6 heteroatoms. The van der Waals surface area contributed by atoms with Crippen LogP contribution in [0.5, 0.6) is 0 Å². The lowest BCUT2D eigenvalue weighted by molar-refractivity contribution is -0.388. The van der Waals surface area contributed by atoms with Crippen molar-refractivity contribution >= 4 is 21.6 Å². The van der Waals surface area contributed by atoms with Crippen molar-refractivity contribution in [3.63, 3.8) is 0 Å². The maximum Gasteiger partial charge on any atom is 0.311 e. The fourth-order valence-corrected chi connectivity index (χ4v) is 1.38. The van der Waals surface area contributed by atoms with E-state index >= 15 is 0 Å². The summed E-state index contributed by atoms with van der Waals surface area (Å²) in [5.41, 5.74) is -0.734. The monoisotopic (exact) mass is 249 g/mol. The normalized spacial score (nSPS) is 10.1. The van der Waals surface area contributed by atoms with Crippen LogP contribution in [0, 0.1) is 15.9 Å². The second-order valence-corrected chi connectivity index (χ2v) is 3.13. The molecule has 0 unspecified atom stereocenters. The summed E-state index contributed by atoms with van der Waals surface area (Å²) in [6.07, 6.45) is 0. The first-order chi connectivity index (χ1) is 6.07. The lowest BCUT2D eigenvalue weighted by Gasteiger charge is -2.02. The van der Waals surface area contributed by atoms with Gasteiger partial charge in [0, 0.05) is 4.47 Å². The molecule has 1 aromatic rings. The average molecular weight is 250 g/mol. The van der Waals surface area contributed by atoms with Crippen LogP contribution in [0.25, 0.3) is 0 Å². The zero-order valence-electron chi connectivity index (χ0n) is 6.33. The zero-order valence-corrected chi connectivity index (χ0v) is 7.91. The fraction of sp³-hybridized carbons (Fsp3) is 0.143. The number of aliphatic hydroxyl groups is 1. The van der Waals surface area contributed by atoms with Gasteiger partial charge in [0.25, 0.3) is 0 Å². The van der Waals surface area contributed by atoms with Crippen LogP contribution in [0.3, 0.4) is 0 Å². The van der Waals surface area contributed by atoms with E-state index in [2.05, 4.69) is 15.9 Å². The minimum absolute atomic E-state index is 0.0509. The van der Waals surface area contributed by atoms with Crippen LogP contribution in [-0.4, -0.2) is 10.0 Å². The van der Waals surface area contributed by atoms with E-state index in [4.69, 9.17) is 5.11 Å². The smallest absolute Gasteiger partial charge is 0.311 e. The third kappa shape index (κ3) is 1.84. The van der Waals surface area contributed by atoms with E-state index in [-0.39, 0.29) is 5.56 Å². The lowest BCUT2D eigenvalue weighted by atomic mass is 10.2. The minimum atomic E-state index is -0.947. The quantitative estimate of drug-likeness (QED) is 0.644. The fourth-order valence-electron chi connectivity index (χ4n) is 0.931. The number of hydrogen-bond acceptors (Lipinski definition) is 3. The molecule has 0 aliphatic rings. The van der Waals surface area contributed by atoms with Crippen molar-refractivity contribution in [2.24, 2.45) is 0 Å². The first-order valence-corrected chi connectivity index (χ1v) is 4.09. The highest BCUT2D eigenvalue weighted by Gasteiger charge is 2.21. The molecule has 4 nitrogen and oxygen atoms in total. The molecule has 70 valence electrons. The molecule has 0 saturated carbocycles. The molecule has 0 bridgehead atoms. The van der Waals surface area contributed by atoms with Crippen molar-refractivity contribution < 1.29 is 14.4 Å². The molecule has 1 aromatic carbocycles. The molecular weight excluding hydrogens is 245 g/mol. The summed E-state index contributed by atoms with van der Waals surface area (Å²) in [6.45, 7) is -0.575. The van der Waals surface area contributed by atoms with Gasteiger partial charge in [-0.05, 0) is 12.1 Å². The molecular formula is C7H5BrFNO3. The van der Waals surface area contributed by atoms with Crippen molar-refractivity contribution in [3.05, 3.63) is 38.1 Å². The summed E-state index contributed by atoms with van der Waals surface area (Å²) < 4.78 is 13.2. The predicted octanol–water partition coefficient (Wildman–Crippen LogP) is 1.99. The molecule has 0 amide bonds. The molecule has 0 heterocycles. The Balaban J connectivity index is 3.43. The molecule has 0 radical (unpaired) electrons. The van der Waals surface area contributed by atoms with Crippen LogP contribution >= 0.6 is 15.9 Å². The highest BCUT2D eigenvalue weighted by Crippen LogP contribution is 2.29. The highest BCUT2D eigenvalue weighted by molar-refractivity contribution is 9.10. The summed E-state index contributed by atoms with van der Waals surface area (Å²) in [4.78, 5) is 9.53. The SMILES string of the molecule is O=[N+]([O-])c1c(F)ccc(Br)c1CO. The van der Waals surface area contributed by atoms with Gasteiger partial charge < -0.3 is 5.11 Å². The maximum absolute atomic E-state index is 12.9. The van der Waals surface area contributed by atoms with Gasteiger partial charge in [0.2, 0.25) is 5.82 Å². The zero-order chi connectivity index (χ0) is 10.0. The number of benzene rings is 1. The topological polar surface area (TPSA) is 63.4 Å². The van der Waals surface area contributed by atoms with Gasteiger partial charge >= 0.3 is 5.69 Å². The molecule has 1 N–H and O–H groups in total. The van der Waals surface area contributed by atoms with Gasteiger partial charge in [-0.2, -0.15) is 4.39 Å². The summed E-state index contributed by atoms with van der Waals surface area (Å²) >= 11 is 2.98. The number of nitro groups is 1. The second-order valence-electron chi connectivity index (χ2n) is 2.27. The summed E-state index contributed by atoms with van der Waals surface area (Å²) in [5, 5.41) is 19.2. The third-order valence-corrected chi connectivity index (χ3v) is 2.26. The summed E-state index contributed by atoms with van der Waals surface area (Å²) in [6, 6.07) is 2.29. The Morgan fingerprint density at radius 3 is 2.62 bits per heavy atom. The lowest BCUT2D eigenvalue weighted by Crippen LogP contribution is -1.99. The van der Waals surface area contributed by atoms with E-state index < -0.39 is 23.0 Å². The van der Waals surface area contributed by atoms with Crippen molar-refractivity contribution in [2.45, 2.75) is 6.61 Å². The third-order valence-electron chi connectivity index (χ3n) is 1.52. The summed E-state index contributed by atoms with van der Waals surface area (Å²) in [7, 11) is 0. The van der Waals surface area contributed by atoms with E-state index in [1.54, 1.807) is 0 Å². The molecule has 13 heavy (non-hydrogen) atoms. The number of halogens is 2. The molecule has 0 atom stereocenters. The highest BCUT2D eigenvalue weighted by atomic mass is 79.9. The van der Waals surface area contributed by atoms with Crippen LogP contribution in [0.4, 0.5) is 10.1 Å². The maximum atomic E-state index is 12.9. The van der Waals surface area contributed by atoms with Crippen LogP contribution in [-0.2, 0) is 6.61 Å². The van der Waals surface area contributed by atoms with E-state index in [9.17, 15) is 14.5 Å². The molecule has 0 saturated heterocycles. The van der Waals surface area contributed by atoms with E-state index in [1.807, 2.05) is 0 Å². The van der Waals surface area contributed by atoms with Crippen LogP contribution < -0.4 is 0 Å². The van der Waals surface area contributed by atoms with Crippen LogP contribution in [0.15, 0.2) is 16.6 Å². The standard InChI is InChI=1S/C7H5BrFNO3/c8-5-1-2-6(9)7(10(12)13)4(5)3-11/h1-2,11H,3H2. The van der Waals surface area contributed by atoms with E-state index in [0.717, 1.165) is 6.07 Å². The Morgan fingerprint density at radius 1 is 1.62 bits per heavy atom. The number of rotatable bonds is 2. The van der Waals surface area contributed by atoms with E-state index in [0.29, 0.717) is 4.47 Å². The van der Waals surface area contributed by atoms with Crippen molar-refractivity contribution in [1.82, 2.24) is 0 Å². The Bertz CT molecular complexity index is 356. The Morgan fingerprint density at radius 2 is 2.23 bits per heavy atom. The number of hydrogen-bond donors (Lipinski definition) is 1. The molecule has 1 rings (SSSR count). The molecule has 0 fully saturated rings. The Labute approximate surface area is 81.3 Å². The summed E-state index contributed by atoms with van der Waals surface area (Å²) in [5.74, 6) is -0.947. The molecule has 0 aliphatic carbocycles.